The summed E-state index contributed by atoms with van der Waals surface area (Å²) in [6, 6.07) is 5.29. The Morgan fingerprint density at radius 2 is 1.86 bits per heavy atom. The third kappa shape index (κ3) is 6.30. The second kappa shape index (κ2) is 10.3. The molecular weight excluding hydrogens is 567 g/mol. The molecule has 2 aromatic heterocycles. The summed E-state index contributed by atoms with van der Waals surface area (Å²) in [4.78, 5) is 45.1. The van der Waals surface area contributed by atoms with E-state index in [1.807, 2.05) is 0 Å². The molecule has 0 unspecified atom stereocenters. The number of aromatic nitrogens is 2. The minimum Gasteiger partial charge on any atom is -0.322 e. The molecule has 0 aliphatic carbocycles. The Labute approximate surface area is 214 Å². The molecule has 0 spiro atoms. The second-order valence-electron chi connectivity index (χ2n) is 7.02. The van der Waals surface area contributed by atoms with E-state index in [1.54, 1.807) is 0 Å². The molecule has 0 saturated heterocycles. The van der Waals surface area contributed by atoms with Crippen LogP contribution in [0.4, 0.5) is 29.7 Å². The van der Waals surface area contributed by atoms with E-state index in [2.05, 4.69) is 19.5 Å². The molecule has 0 saturated carbocycles. The van der Waals surface area contributed by atoms with Crippen LogP contribution in [0.2, 0.25) is 5.15 Å². The van der Waals surface area contributed by atoms with Gasteiger partial charge in [-0.25, -0.2) is 23.2 Å². The van der Waals surface area contributed by atoms with Crippen molar-refractivity contribution < 1.29 is 40.9 Å². The number of carbonyl (C=O) groups is 2. The Balaban J connectivity index is 1.94. The predicted octanol–water partition coefficient (Wildman–Crippen LogP) is 4.25. The number of halogens is 4. The number of alkyl halides is 3. The van der Waals surface area contributed by atoms with Gasteiger partial charge in [0.1, 0.15) is 0 Å². The van der Waals surface area contributed by atoms with Crippen LogP contribution in [0.5, 0.6) is 0 Å². The number of aryl methyl sites for hydroxylation is 1. The highest BCUT2D eigenvalue weighted by molar-refractivity contribution is 7.92. The summed E-state index contributed by atoms with van der Waals surface area (Å²) in [7, 11) is -4.26. The minimum absolute atomic E-state index is 0.0819. The Hall–Kier alpha value is -3.83. The van der Waals surface area contributed by atoms with E-state index in [-0.39, 0.29) is 42.6 Å². The molecule has 3 rings (SSSR count). The molecule has 0 fully saturated rings. The third-order valence-corrected chi connectivity index (χ3v) is 7.21. The number of hydrogen-bond donors (Lipinski definition) is 1. The highest BCUT2D eigenvalue weighted by Crippen LogP contribution is 2.37. The number of nitro benzene ring substituents is 1. The number of sulfonamides is 1. The molecule has 1 amide bonds. The van der Waals surface area contributed by atoms with Crippen molar-refractivity contribution in [1.82, 2.24) is 9.97 Å². The number of amides is 1. The molecule has 0 aliphatic heterocycles. The van der Waals surface area contributed by atoms with Crippen LogP contribution in [0.3, 0.4) is 0 Å². The highest BCUT2D eigenvalue weighted by atomic mass is 35.5. The Kier molecular flexibility index (Phi) is 7.70. The van der Waals surface area contributed by atoms with Crippen molar-refractivity contribution in [2.24, 2.45) is 0 Å². The van der Waals surface area contributed by atoms with Gasteiger partial charge in [0.25, 0.3) is 21.6 Å². The van der Waals surface area contributed by atoms with Crippen LogP contribution in [-0.2, 0) is 24.4 Å². The zero-order chi connectivity index (χ0) is 27.7. The number of nitrogens with one attached hydrogen (secondary N) is 1. The summed E-state index contributed by atoms with van der Waals surface area (Å²) >= 11 is 6.68. The predicted molar refractivity (Wildman–Crippen MR) is 124 cm³/mol. The largest absolute Gasteiger partial charge is 0.493 e. The SMILES string of the molecule is CC(=O)N(OC(=O)C(F)(F)F)c1nc(C)c(-c2cnc(Cl)c(NS(=O)(=O)c3ccc([N+](=O)[O-])cc3)c2)s1. The monoisotopic (exact) mass is 579 g/mol. The lowest BCUT2D eigenvalue weighted by Gasteiger charge is -2.16. The van der Waals surface area contributed by atoms with Crippen LogP contribution in [-0.4, -0.2) is 41.4 Å². The third-order valence-electron chi connectivity index (χ3n) is 4.35. The standard InChI is InChI=1S/C19H13ClF3N5O7S2/c1-9-15(36-18(25-9)27(10(2)29)35-17(30)19(21,22)23)11-7-14(16(20)24-8-11)26-37(33,34)13-5-3-12(4-6-13)28(31)32/h3-8,26H,1-2H3. The number of non-ortho nitro benzene ring substituents is 1. The van der Waals surface area contributed by atoms with Crippen molar-refractivity contribution in [3.63, 3.8) is 0 Å². The van der Waals surface area contributed by atoms with Crippen LogP contribution in [0, 0.1) is 17.0 Å². The number of hydroxylamine groups is 1. The van der Waals surface area contributed by atoms with Crippen molar-refractivity contribution in [2.45, 2.75) is 24.9 Å². The van der Waals surface area contributed by atoms with Gasteiger partial charge in [-0.1, -0.05) is 22.9 Å². The molecular formula is C19H13ClF3N5O7S2. The smallest absolute Gasteiger partial charge is 0.322 e. The zero-order valence-corrected chi connectivity index (χ0v) is 20.8. The van der Waals surface area contributed by atoms with E-state index in [0.717, 1.165) is 31.2 Å². The average molecular weight is 580 g/mol. The van der Waals surface area contributed by atoms with E-state index < -0.39 is 38.1 Å². The van der Waals surface area contributed by atoms with Gasteiger partial charge in [0.2, 0.25) is 5.13 Å². The van der Waals surface area contributed by atoms with Gasteiger partial charge in [-0.15, -0.1) is 5.06 Å². The van der Waals surface area contributed by atoms with E-state index in [4.69, 9.17) is 11.6 Å². The molecule has 12 nitrogen and oxygen atoms in total. The van der Waals surface area contributed by atoms with Crippen molar-refractivity contribution in [3.05, 3.63) is 57.5 Å². The lowest BCUT2D eigenvalue weighted by atomic mass is 10.2. The number of pyridine rings is 1. The maximum atomic E-state index is 12.7. The number of hydrogen-bond acceptors (Lipinski definition) is 10. The Morgan fingerprint density at radius 3 is 2.41 bits per heavy atom. The van der Waals surface area contributed by atoms with Crippen LogP contribution >= 0.6 is 22.9 Å². The first kappa shape index (κ1) is 27.8. The van der Waals surface area contributed by atoms with Gasteiger partial charge >= 0.3 is 12.1 Å². The number of nitrogens with zero attached hydrogens (tertiary/aromatic N) is 4. The maximum absolute atomic E-state index is 12.7. The summed E-state index contributed by atoms with van der Waals surface area (Å²) in [6.45, 7) is 2.30. The minimum atomic E-state index is -5.36. The van der Waals surface area contributed by atoms with Crippen LogP contribution in [0.15, 0.2) is 41.4 Å². The first-order valence-electron chi connectivity index (χ1n) is 9.60. The number of anilines is 2. The van der Waals surface area contributed by atoms with Crippen molar-refractivity contribution in [1.29, 1.82) is 0 Å². The Morgan fingerprint density at radius 1 is 1.24 bits per heavy atom. The zero-order valence-electron chi connectivity index (χ0n) is 18.4. The van der Waals surface area contributed by atoms with Crippen molar-refractivity contribution >= 4 is 61.3 Å². The van der Waals surface area contributed by atoms with E-state index in [1.165, 1.54) is 19.2 Å². The molecule has 0 aliphatic rings. The first-order valence-corrected chi connectivity index (χ1v) is 12.3. The summed E-state index contributed by atoms with van der Waals surface area (Å²) in [6.07, 6.45) is -4.14. The van der Waals surface area contributed by atoms with Gasteiger partial charge in [-0.2, -0.15) is 13.2 Å². The molecule has 0 atom stereocenters. The molecule has 0 bridgehead atoms. The van der Waals surface area contributed by atoms with Gasteiger partial charge in [-0.3, -0.25) is 19.6 Å². The van der Waals surface area contributed by atoms with Crippen molar-refractivity contribution in [2.75, 3.05) is 9.79 Å². The molecule has 18 heteroatoms. The van der Waals surface area contributed by atoms with Gasteiger partial charge in [0.05, 0.1) is 26.1 Å². The summed E-state index contributed by atoms with van der Waals surface area (Å²) < 4.78 is 65.5. The molecule has 37 heavy (non-hydrogen) atoms. The number of thiazole rings is 1. The maximum Gasteiger partial charge on any atom is 0.493 e. The van der Waals surface area contributed by atoms with Gasteiger partial charge in [0.15, 0.2) is 5.15 Å². The molecule has 1 N–H and O–H groups in total. The summed E-state index contributed by atoms with van der Waals surface area (Å²) in [5, 5.41) is 10.2. The number of carbonyl (C=O) groups excluding carboxylic acids is 2. The lowest BCUT2D eigenvalue weighted by Crippen LogP contribution is -2.37. The lowest BCUT2D eigenvalue weighted by molar-refractivity contribution is -0.384. The molecule has 196 valence electrons. The number of nitro groups is 1. The van der Waals surface area contributed by atoms with Gasteiger partial charge < -0.3 is 4.84 Å². The van der Waals surface area contributed by atoms with Crippen LogP contribution in [0.1, 0.15) is 12.6 Å². The topological polar surface area (TPSA) is 162 Å². The van der Waals surface area contributed by atoms with Crippen molar-refractivity contribution in [3.8, 4) is 10.4 Å². The van der Waals surface area contributed by atoms with E-state index in [9.17, 15) is 41.3 Å². The van der Waals surface area contributed by atoms with Crippen LogP contribution in [0.25, 0.3) is 10.4 Å². The summed E-state index contributed by atoms with van der Waals surface area (Å²) in [5.74, 6) is -3.70. The normalized spacial score (nSPS) is 11.6. The molecule has 1 aromatic carbocycles. The quantitative estimate of drug-likeness (QED) is 0.255. The summed E-state index contributed by atoms with van der Waals surface area (Å²) in [5.41, 5.74) is -0.128. The average Bonchev–Trinajstić information content (AvgIpc) is 3.18. The molecule has 3 aromatic rings. The van der Waals surface area contributed by atoms with E-state index in [0.29, 0.717) is 11.3 Å². The second-order valence-corrected chi connectivity index (χ2v) is 10.0. The fourth-order valence-electron chi connectivity index (χ4n) is 2.70. The van der Waals surface area contributed by atoms with E-state index >= 15 is 0 Å². The fraction of sp³-hybridized carbons (Fsp3) is 0.158. The highest BCUT2D eigenvalue weighted by Gasteiger charge is 2.44. The number of benzene rings is 1. The Bertz CT molecular complexity index is 1490. The number of rotatable bonds is 6. The van der Waals surface area contributed by atoms with Gasteiger partial charge in [-0.05, 0) is 25.1 Å². The first-order chi connectivity index (χ1) is 17.1. The molecule has 0 radical (unpaired) electrons. The van der Waals surface area contributed by atoms with Crippen LogP contribution < -0.4 is 9.79 Å². The van der Waals surface area contributed by atoms with Gasteiger partial charge in [0, 0.05) is 30.8 Å². The fourth-order valence-corrected chi connectivity index (χ4v) is 5.00. The molecule has 2 heterocycles.